The number of nitrogens with one attached hydrogen (secondary N) is 1. The summed E-state index contributed by atoms with van der Waals surface area (Å²) in [6.45, 7) is 0. The summed E-state index contributed by atoms with van der Waals surface area (Å²) in [5.41, 5.74) is 0.618. The Morgan fingerprint density at radius 1 is 1.32 bits per heavy atom. The quantitative estimate of drug-likeness (QED) is 0.565. The number of nitrogens with zero attached hydrogens (tertiary/aromatic N) is 2. The number of non-ortho nitro benzene ring substituents is 1. The number of fused-ring (bicyclic) bond motifs is 1. The Morgan fingerprint density at radius 2 is 2.14 bits per heavy atom. The van der Waals surface area contributed by atoms with Crippen LogP contribution in [-0.4, -0.2) is 15.8 Å². The van der Waals surface area contributed by atoms with E-state index in [-0.39, 0.29) is 18.0 Å². The van der Waals surface area contributed by atoms with Crippen molar-refractivity contribution in [1.82, 2.24) is 4.98 Å². The van der Waals surface area contributed by atoms with E-state index >= 15 is 0 Å². The van der Waals surface area contributed by atoms with Gasteiger partial charge in [-0.05, 0) is 18.2 Å². The van der Waals surface area contributed by atoms with E-state index in [1.165, 1.54) is 34.8 Å². The molecule has 1 N–H and O–H groups in total. The monoisotopic (exact) mass is 353 g/mol. The van der Waals surface area contributed by atoms with Crippen LogP contribution in [-0.2, 0) is 11.2 Å². The first-order chi connectivity index (χ1) is 10.5. The number of carbonyl (C=O) groups excluding carboxylic acids is 1. The van der Waals surface area contributed by atoms with Crippen molar-refractivity contribution >= 4 is 61.2 Å². The summed E-state index contributed by atoms with van der Waals surface area (Å²) in [5.74, 6) is -0.202. The van der Waals surface area contributed by atoms with E-state index in [9.17, 15) is 14.9 Å². The molecule has 0 bridgehead atoms. The van der Waals surface area contributed by atoms with Crippen molar-refractivity contribution in [1.29, 1.82) is 0 Å². The summed E-state index contributed by atoms with van der Waals surface area (Å²) in [5, 5.41) is 13.9. The molecule has 0 saturated heterocycles. The fraction of sp³-hybridized carbons (Fsp3) is 0.0769. The second-order valence-electron chi connectivity index (χ2n) is 4.36. The second-order valence-corrected chi connectivity index (χ2v) is 7.19. The minimum atomic E-state index is -0.460. The number of hydrogen-bond acceptors (Lipinski definition) is 6. The molecule has 0 saturated carbocycles. The number of aromatic nitrogens is 1. The Bertz CT molecular complexity index is 874. The molecule has 6 nitrogen and oxygen atoms in total. The van der Waals surface area contributed by atoms with Gasteiger partial charge in [0.1, 0.15) is 0 Å². The van der Waals surface area contributed by atoms with E-state index in [0.29, 0.717) is 19.7 Å². The molecule has 0 aliphatic carbocycles. The van der Waals surface area contributed by atoms with Crippen molar-refractivity contribution in [2.24, 2.45) is 0 Å². The highest BCUT2D eigenvalue weighted by molar-refractivity contribution is 7.22. The molecular formula is C13H8ClN3O3S2. The zero-order chi connectivity index (χ0) is 15.7. The third kappa shape index (κ3) is 3.24. The van der Waals surface area contributed by atoms with Gasteiger partial charge in [0.05, 0.1) is 25.9 Å². The Labute approximate surface area is 137 Å². The zero-order valence-electron chi connectivity index (χ0n) is 10.9. The lowest BCUT2D eigenvalue weighted by atomic mass is 10.3. The number of benzene rings is 1. The van der Waals surface area contributed by atoms with E-state index in [2.05, 4.69) is 10.3 Å². The molecule has 3 aromatic rings. The van der Waals surface area contributed by atoms with Crippen LogP contribution in [0.15, 0.2) is 30.3 Å². The van der Waals surface area contributed by atoms with Crippen LogP contribution in [0.4, 0.5) is 10.8 Å². The van der Waals surface area contributed by atoms with Gasteiger partial charge in [0.25, 0.3) is 5.69 Å². The van der Waals surface area contributed by atoms with Crippen molar-refractivity contribution in [2.45, 2.75) is 6.42 Å². The maximum absolute atomic E-state index is 12.0. The molecule has 0 spiro atoms. The highest BCUT2D eigenvalue weighted by atomic mass is 35.5. The highest BCUT2D eigenvalue weighted by Crippen LogP contribution is 2.29. The number of nitro benzene ring substituents is 1. The van der Waals surface area contributed by atoms with Gasteiger partial charge in [-0.25, -0.2) is 4.98 Å². The van der Waals surface area contributed by atoms with E-state index in [1.54, 1.807) is 18.2 Å². The summed E-state index contributed by atoms with van der Waals surface area (Å²) in [6.07, 6.45) is 0.216. The van der Waals surface area contributed by atoms with Gasteiger partial charge in [-0.1, -0.05) is 22.9 Å². The molecule has 0 radical (unpaired) electrons. The first-order valence-electron chi connectivity index (χ1n) is 6.10. The minimum Gasteiger partial charge on any atom is -0.302 e. The fourth-order valence-electron chi connectivity index (χ4n) is 1.85. The molecule has 22 heavy (non-hydrogen) atoms. The molecule has 2 heterocycles. The van der Waals surface area contributed by atoms with Crippen LogP contribution in [0.3, 0.4) is 0 Å². The molecule has 0 atom stereocenters. The standard InChI is InChI=1S/C13H8ClN3O3S2/c14-11-4-2-8(21-11)6-12(18)16-13-15-9-3-1-7(17(19)20)5-10(9)22-13/h1-5H,6H2,(H,15,16,18). The topological polar surface area (TPSA) is 85.1 Å². The molecular weight excluding hydrogens is 346 g/mol. The number of thiophene rings is 1. The first-order valence-corrected chi connectivity index (χ1v) is 8.11. The average Bonchev–Trinajstić information content (AvgIpc) is 3.03. The van der Waals surface area contributed by atoms with E-state index in [4.69, 9.17) is 11.6 Å². The average molecular weight is 354 g/mol. The van der Waals surface area contributed by atoms with Gasteiger partial charge in [-0.3, -0.25) is 14.9 Å². The third-order valence-corrected chi connectivity index (χ3v) is 4.96. The zero-order valence-corrected chi connectivity index (χ0v) is 13.3. The van der Waals surface area contributed by atoms with Gasteiger partial charge < -0.3 is 5.32 Å². The summed E-state index contributed by atoms with van der Waals surface area (Å²) in [6, 6.07) is 7.95. The van der Waals surface area contributed by atoms with Crippen LogP contribution >= 0.6 is 34.3 Å². The summed E-state index contributed by atoms with van der Waals surface area (Å²) < 4.78 is 1.29. The van der Waals surface area contributed by atoms with Crippen LogP contribution in [0, 0.1) is 10.1 Å². The second kappa shape index (κ2) is 5.99. The molecule has 112 valence electrons. The molecule has 0 fully saturated rings. The molecule has 0 aliphatic heterocycles. The predicted molar refractivity (Wildman–Crippen MR) is 87.9 cm³/mol. The van der Waals surface area contributed by atoms with E-state index in [0.717, 1.165) is 4.88 Å². The van der Waals surface area contributed by atoms with Gasteiger partial charge >= 0.3 is 0 Å². The first kappa shape index (κ1) is 14.9. The molecule has 0 aliphatic rings. The predicted octanol–water partition coefficient (Wildman–Crippen LogP) is 4.10. The molecule has 1 amide bonds. The maximum atomic E-state index is 12.0. The van der Waals surface area contributed by atoms with Gasteiger partial charge in [-0.2, -0.15) is 0 Å². The van der Waals surface area contributed by atoms with Gasteiger partial charge in [0.2, 0.25) is 5.91 Å². The number of halogens is 1. The largest absolute Gasteiger partial charge is 0.302 e. The molecule has 1 aromatic carbocycles. The Kier molecular flexibility index (Phi) is 4.06. The van der Waals surface area contributed by atoms with Crippen molar-refractivity contribution < 1.29 is 9.72 Å². The maximum Gasteiger partial charge on any atom is 0.270 e. The summed E-state index contributed by atoms with van der Waals surface area (Å²) in [4.78, 5) is 27.3. The number of rotatable bonds is 4. The summed E-state index contributed by atoms with van der Waals surface area (Å²) in [7, 11) is 0. The molecule has 3 rings (SSSR count). The lowest BCUT2D eigenvalue weighted by Gasteiger charge is -1.98. The Balaban J connectivity index is 1.76. The van der Waals surface area contributed by atoms with Gasteiger partial charge in [0.15, 0.2) is 5.13 Å². The van der Waals surface area contributed by atoms with Crippen LogP contribution < -0.4 is 5.32 Å². The fourth-order valence-corrected chi connectivity index (χ4v) is 3.85. The number of anilines is 1. The number of carbonyl (C=O) groups is 1. The smallest absolute Gasteiger partial charge is 0.270 e. The van der Waals surface area contributed by atoms with Crippen LogP contribution in [0.25, 0.3) is 10.2 Å². The van der Waals surface area contributed by atoms with Crippen molar-refractivity contribution in [3.8, 4) is 0 Å². The highest BCUT2D eigenvalue weighted by Gasteiger charge is 2.12. The third-order valence-electron chi connectivity index (χ3n) is 2.79. The van der Waals surface area contributed by atoms with Gasteiger partial charge in [0, 0.05) is 17.0 Å². The number of hydrogen-bond donors (Lipinski definition) is 1. The number of nitro groups is 1. The van der Waals surface area contributed by atoms with Crippen molar-refractivity contribution in [3.05, 3.63) is 49.7 Å². The van der Waals surface area contributed by atoms with Crippen LogP contribution in [0.1, 0.15) is 4.88 Å². The van der Waals surface area contributed by atoms with E-state index in [1.807, 2.05) is 0 Å². The number of thiazole rings is 1. The summed E-state index contributed by atoms with van der Waals surface area (Å²) >= 11 is 8.37. The lowest BCUT2D eigenvalue weighted by molar-refractivity contribution is -0.384. The van der Waals surface area contributed by atoms with E-state index < -0.39 is 4.92 Å². The molecule has 0 unspecified atom stereocenters. The molecule has 9 heteroatoms. The Morgan fingerprint density at radius 3 is 2.82 bits per heavy atom. The minimum absolute atomic E-state index is 0.00209. The van der Waals surface area contributed by atoms with Crippen LogP contribution in [0.5, 0.6) is 0 Å². The SMILES string of the molecule is O=C(Cc1ccc(Cl)s1)Nc1nc2ccc([N+](=O)[O-])cc2s1. The molecule has 2 aromatic heterocycles. The number of amides is 1. The van der Waals surface area contributed by atoms with Gasteiger partial charge in [-0.15, -0.1) is 11.3 Å². The Hall–Kier alpha value is -2.03. The lowest BCUT2D eigenvalue weighted by Crippen LogP contribution is -2.13. The van der Waals surface area contributed by atoms with Crippen molar-refractivity contribution in [2.75, 3.05) is 5.32 Å². The van der Waals surface area contributed by atoms with Crippen molar-refractivity contribution in [3.63, 3.8) is 0 Å². The normalized spacial score (nSPS) is 10.8. The van der Waals surface area contributed by atoms with Crippen LogP contribution in [0.2, 0.25) is 4.34 Å².